The van der Waals surface area contributed by atoms with Crippen molar-refractivity contribution in [1.29, 1.82) is 0 Å². The van der Waals surface area contributed by atoms with E-state index in [-0.39, 0.29) is 36.1 Å². The monoisotopic (exact) mass is 316 g/mol. The molecule has 0 heterocycles. The van der Waals surface area contributed by atoms with Crippen LogP contribution in [-0.4, -0.2) is 23.8 Å². The highest BCUT2D eigenvalue weighted by molar-refractivity contribution is 5.75. The molecule has 2 rings (SSSR count). The van der Waals surface area contributed by atoms with E-state index in [1.807, 2.05) is 24.3 Å². The van der Waals surface area contributed by atoms with Crippen LogP contribution in [0.15, 0.2) is 36.4 Å². The number of aryl methyl sites for hydroxylation is 1. The highest BCUT2D eigenvalue weighted by Crippen LogP contribution is 2.34. The lowest BCUT2D eigenvalue weighted by Crippen LogP contribution is -2.45. The van der Waals surface area contributed by atoms with E-state index in [0.29, 0.717) is 0 Å². The third-order valence-electron chi connectivity index (χ3n) is 4.36. The van der Waals surface area contributed by atoms with Gasteiger partial charge in [-0.2, -0.15) is 0 Å². The van der Waals surface area contributed by atoms with Crippen molar-refractivity contribution >= 4 is 6.03 Å². The van der Waals surface area contributed by atoms with Crippen molar-refractivity contribution in [2.24, 2.45) is 11.3 Å². The second-order valence-corrected chi connectivity index (χ2v) is 7.44. The third-order valence-corrected chi connectivity index (χ3v) is 4.36. The number of carbonyl (C=O) groups excluding carboxylic acids is 1. The number of carbonyl (C=O) groups is 1. The number of aliphatic hydroxyl groups excluding tert-OH is 1. The normalized spacial score (nSPS) is 22.0. The fourth-order valence-electron chi connectivity index (χ4n) is 3.03. The molecule has 0 aromatic heterocycles. The van der Waals surface area contributed by atoms with Crippen molar-refractivity contribution in [3.63, 3.8) is 0 Å². The van der Waals surface area contributed by atoms with Crippen molar-refractivity contribution in [3.8, 4) is 0 Å². The maximum Gasteiger partial charge on any atom is 0.315 e. The number of nitrogens with one attached hydrogen (secondary N) is 2. The molecule has 0 bridgehead atoms. The number of benzene rings is 1. The Bertz CT molecular complexity index is 575. The van der Waals surface area contributed by atoms with E-state index in [1.54, 1.807) is 0 Å². The molecule has 1 aliphatic rings. The molecule has 0 radical (unpaired) electrons. The summed E-state index contributed by atoms with van der Waals surface area (Å²) in [4.78, 5) is 12.4. The summed E-state index contributed by atoms with van der Waals surface area (Å²) < 4.78 is 0. The van der Waals surface area contributed by atoms with Crippen molar-refractivity contribution in [1.82, 2.24) is 10.6 Å². The molecule has 2 amide bonds. The Morgan fingerprint density at radius 3 is 2.57 bits per heavy atom. The second kappa shape index (κ2) is 7.18. The van der Waals surface area contributed by atoms with Crippen LogP contribution in [0, 0.1) is 18.3 Å². The van der Waals surface area contributed by atoms with Crippen molar-refractivity contribution in [3.05, 3.63) is 47.5 Å². The predicted octanol–water partition coefficient (Wildman–Crippen LogP) is 3.32. The van der Waals surface area contributed by atoms with Crippen LogP contribution in [0.1, 0.15) is 44.4 Å². The first kappa shape index (κ1) is 17.5. The van der Waals surface area contributed by atoms with Crippen LogP contribution in [0.3, 0.4) is 0 Å². The summed E-state index contributed by atoms with van der Waals surface area (Å²) in [7, 11) is 0. The summed E-state index contributed by atoms with van der Waals surface area (Å²) in [6, 6.07) is 7.92. The van der Waals surface area contributed by atoms with Gasteiger partial charge in [-0.25, -0.2) is 4.79 Å². The molecule has 3 atom stereocenters. The van der Waals surface area contributed by atoms with Gasteiger partial charge in [0, 0.05) is 18.6 Å². The topological polar surface area (TPSA) is 61.4 Å². The van der Waals surface area contributed by atoms with Crippen LogP contribution >= 0.6 is 0 Å². The van der Waals surface area contributed by atoms with E-state index in [0.717, 1.165) is 12.0 Å². The average Bonchev–Trinajstić information content (AvgIpc) is 2.92. The largest absolute Gasteiger partial charge is 0.396 e. The van der Waals surface area contributed by atoms with E-state index >= 15 is 0 Å². The highest BCUT2D eigenvalue weighted by Gasteiger charge is 2.29. The predicted molar refractivity (Wildman–Crippen MR) is 93.2 cm³/mol. The van der Waals surface area contributed by atoms with Crippen LogP contribution in [0.5, 0.6) is 0 Å². The van der Waals surface area contributed by atoms with Gasteiger partial charge >= 0.3 is 6.03 Å². The molecule has 0 fully saturated rings. The van der Waals surface area contributed by atoms with Crippen LogP contribution in [-0.2, 0) is 0 Å². The Kier molecular flexibility index (Phi) is 5.47. The lowest BCUT2D eigenvalue weighted by atomic mass is 9.81. The minimum atomic E-state index is -0.165. The van der Waals surface area contributed by atoms with Gasteiger partial charge in [-0.15, -0.1) is 0 Å². The number of aliphatic hydroxyl groups is 1. The molecule has 126 valence electrons. The summed E-state index contributed by atoms with van der Waals surface area (Å²) >= 11 is 0. The van der Waals surface area contributed by atoms with Gasteiger partial charge in [0.05, 0.1) is 6.04 Å². The zero-order valence-corrected chi connectivity index (χ0v) is 14.5. The molecule has 1 aromatic rings. The quantitative estimate of drug-likeness (QED) is 0.746. The molecule has 3 N–H and O–H groups in total. The smallest absolute Gasteiger partial charge is 0.315 e. The molecule has 0 saturated heterocycles. The van der Waals surface area contributed by atoms with E-state index in [2.05, 4.69) is 50.5 Å². The summed E-state index contributed by atoms with van der Waals surface area (Å²) in [5.41, 5.74) is 2.22. The van der Waals surface area contributed by atoms with Gasteiger partial charge in [0.2, 0.25) is 0 Å². The maximum atomic E-state index is 12.4. The summed E-state index contributed by atoms with van der Waals surface area (Å²) in [5.74, 6) is 0.148. The zero-order chi connectivity index (χ0) is 17.0. The van der Waals surface area contributed by atoms with Crippen LogP contribution in [0.2, 0.25) is 0 Å². The van der Waals surface area contributed by atoms with Crippen molar-refractivity contribution < 1.29 is 9.90 Å². The van der Waals surface area contributed by atoms with Gasteiger partial charge in [-0.1, -0.05) is 57.2 Å². The zero-order valence-electron chi connectivity index (χ0n) is 14.5. The number of amides is 2. The second-order valence-electron chi connectivity index (χ2n) is 7.44. The molecule has 23 heavy (non-hydrogen) atoms. The molecule has 4 heteroatoms. The Morgan fingerprint density at radius 1 is 1.30 bits per heavy atom. The van der Waals surface area contributed by atoms with E-state index < -0.39 is 0 Å². The van der Waals surface area contributed by atoms with Gasteiger partial charge in [0.15, 0.2) is 0 Å². The average molecular weight is 316 g/mol. The minimum absolute atomic E-state index is 0.00959. The van der Waals surface area contributed by atoms with E-state index in [9.17, 15) is 4.79 Å². The van der Waals surface area contributed by atoms with E-state index in [4.69, 9.17) is 5.11 Å². The van der Waals surface area contributed by atoms with Gasteiger partial charge in [-0.05, 0) is 29.9 Å². The van der Waals surface area contributed by atoms with Crippen LogP contribution < -0.4 is 10.6 Å². The summed E-state index contributed by atoms with van der Waals surface area (Å²) in [6.07, 6.45) is 4.68. The van der Waals surface area contributed by atoms with Crippen LogP contribution in [0.4, 0.5) is 4.79 Å². The molecule has 1 aliphatic carbocycles. The molecule has 0 spiro atoms. The van der Waals surface area contributed by atoms with Crippen molar-refractivity contribution in [2.75, 3.05) is 6.61 Å². The minimum Gasteiger partial charge on any atom is -0.396 e. The summed E-state index contributed by atoms with van der Waals surface area (Å²) in [6.45, 7) is 8.58. The Morgan fingerprint density at radius 2 is 2.00 bits per heavy atom. The number of urea groups is 1. The van der Waals surface area contributed by atoms with Gasteiger partial charge in [0.1, 0.15) is 0 Å². The Hall–Kier alpha value is -1.81. The van der Waals surface area contributed by atoms with Crippen molar-refractivity contribution in [2.45, 2.75) is 46.2 Å². The van der Waals surface area contributed by atoms with Crippen LogP contribution in [0.25, 0.3) is 0 Å². The number of rotatable bonds is 4. The maximum absolute atomic E-state index is 12.4. The fourth-order valence-corrected chi connectivity index (χ4v) is 3.03. The lowest BCUT2D eigenvalue weighted by Gasteiger charge is -2.33. The fraction of sp³-hybridized carbons (Fsp3) is 0.526. The summed E-state index contributed by atoms with van der Waals surface area (Å²) in [5, 5.41) is 15.3. The van der Waals surface area contributed by atoms with Gasteiger partial charge < -0.3 is 15.7 Å². The molecule has 1 aromatic carbocycles. The highest BCUT2D eigenvalue weighted by atomic mass is 16.3. The van der Waals surface area contributed by atoms with Gasteiger partial charge in [-0.3, -0.25) is 0 Å². The number of hydrogen-bond donors (Lipinski definition) is 3. The lowest BCUT2D eigenvalue weighted by molar-refractivity contribution is 0.213. The molecule has 4 nitrogen and oxygen atoms in total. The Balaban J connectivity index is 2.06. The molecular formula is C19H28N2O2. The molecule has 1 unspecified atom stereocenters. The van der Waals surface area contributed by atoms with Gasteiger partial charge in [0.25, 0.3) is 0 Å². The number of hydrogen-bond acceptors (Lipinski definition) is 2. The Labute approximate surface area is 139 Å². The molecule has 0 aliphatic heterocycles. The first-order chi connectivity index (χ1) is 10.8. The third kappa shape index (κ3) is 4.58. The first-order valence-electron chi connectivity index (χ1n) is 8.23. The van der Waals surface area contributed by atoms with E-state index in [1.165, 1.54) is 5.56 Å². The molecular weight excluding hydrogens is 288 g/mol. The first-order valence-corrected chi connectivity index (χ1v) is 8.23. The molecule has 0 saturated carbocycles. The SMILES string of the molecule is Cc1ccccc1C(NC(=O)N[C@@H]1C=C[C@H](CO)C1)C(C)(C)C. The standard InChI is InChI=1S/C19H28N2O2/c1-13-7-5-6-8-16(13)17(19(2,3)4)21-18(23)20-15-10-9-14(11-15)12-22/h5-10,14-15,17,22H,11-12H2,1-4H3,(H2,20,21,23)/t14-,15+,17?/m0/s1.